The minimum absolute atomic E-state index is 0.159. The van der Waals surface area contributed by atoms with E-state index in [2.05, 4.69) is 243 Å². The average Bonchev–Trinajstić information content (AvgIpc) is 3.31. The predicted molar refractivity (Wildman–Crippen MR) is 255 cm³/mol. The van der Waals surface area contributed by atoms with Crippen LogP contribution in [0.2, 0.25) is 0 Å². The van der Waals surface area contributed by atoms with E-state index in [9.17, 15) is 0 Å². The lowest BCUT2D eigenvalue weighted by atomic mass is 9.67. The van der Waals surface area contributed by atoms with Gasteiger partial charge in [0, 0.05) is 22.5 Å². The van der Waals surface area contributed by atoms with Gasteiger partial charge >= 0.3 is 0 Å². The molecule has 1 aliphatic carbocycles. The summed E-state index contributed by atoms with van der Waals surface area (Å²) in [6.45, 7) is 4.77. The van der Waals surface area contributed by atoms with Crippen LogP contribution in [0.5, 0.6) is 0 Å². The van der Waals surface area contributed by atoms with E-state index in [0.717, 1.165) is 17.1 Å². The lowest BCUT2D eigenvalue weighted by molar-refractivity contribution is 0.645. The molecule has 0 bridgehead atoms. The maximum absolute atomic E-state index is 2.45. The second kappa shape index (κ2) is 14.4. The monoisotopic (exact) mass is 765 g/mol. The van der Waals surface area contributed by atoms with Crippen LogP contribution in [-0.4, -0.2) is 0 Å². The van der Waals surface area contributed by atoms with E-state index in [1.54, 1.807) is 0 Å². The van der Waals surface area contributed by atoms with Crippen LogP contribution in [0, 0.1) is 0 Å². The molecule has 0 aliphatic heterocycles. The molecule has 0 aromatic heterocycles. The Morgan fingerprint density at radius 1 is 0.317 bits per heavy atom. The van der Waals surface area contributed by atoms with Crippen molar-refractivity contribution < 1.29 is 0 Å². The Morgan fingerprint density at radius 2 is 0.800 bits per heavy atom. The summed E-state index contributed by atoms with van der Waals surface area (Å²) in [6, 6.07) is 82.3. The quantitative estimate of drug-likeness (QED) is 0.156. The number of fused-ring (bicyclic) bond motifs is 3. The Bertz CT molecular complexity index is 3090. The first-order valence-corrected chi connectivity index (χ1v) is 20.9. The molecule has 10 aromatic rings. The Balaban J connectivity index is 1.02. The van der Waals surface area contributed by atoms with Crippen molar-refractivity contribution in [1.82, 2.24) is 0 Å². The molecular formula is C59H43N. The van der Waals surface area contributed by atoms with E-state index in [-0.39, 0.29) is 5.41 Å². The summed E-state index contributed by atoms with van der Waals surface area (Å²) in [5.41, 5.74) is 18.3. The highest BCUT2D eigenvalue weighted by molar-refractivity contribution is 6.12. The molecule has 0 saturated carbocycles. The van der Waals surface area contributed by atoms with Crippen molar-refractivity contribution in [2.75, 3.05) is 4.90 Å². The van der Waals surface area contributed by atoms with Crippen LogP contribution < -0.4 is 4.90 Å². The van der Waals surface area contributed by atoms with Gasteiger partial charge in [-0.2, -0.15) is 0 Å². The molecule has 1 aliphatic rings. The first-order valence-electron chi connectivity index (χ1n) is 20.9. The zero-order chi connectivity index (χ0) is 40.2. The molecule has 0 unspecified atom stereocenters. The molecule has 0 amide bonds. The number of benzene rings is 10. The van der Waals surface area contributed by atoms with E-state index in [1.807, 2.05) is 0 Å². The van der Waals surface area contributed by atoms with Gasteiger partial charge < -0.3 is 4.90 Å². The summed E-state index contributed by atoms with van der Waals surface area (Å²) in [6.07, 6.45) is 0. The van der Waals surface area contributed by atoms with Crippen LogP contribution in [0.4, 0.5) is 17.1 Å². The number of anilines is 3. The van der Waals surface area contributed by atoms with Crippen LogP contribution >= 0.6 is 0 Å². The standard InChI is InChI=1S/C59H43N/c1-59(2)55-38-30-47(39-54(55)58-53(37-29-46-19-12-22-56(59)57(46)58)52-21-11-18-45-17-9-10-20-51(45)52)44-27-35-50(36-28-44)60(48-31-23-42(24-32-48)40-13-5-3-6-14-40)49-33-25-43(26-34-49)41-15-7-4-8-16-41/h3-39H,1-2H3. The number of rotatable bonds is 7. The molecule has 284 valence electrons. The van der Waals surface area contributed by atoms with Gasteiger partial charge in [0.15, 0.2) is 0 Å². The molecule has 0 saturated heterocycles. The summed E-state index contributed by atoms with van der Waals surface area (Å²) in [7, 11) is 0. The first kappa shape index (κ1) is 35.7. The van der Waals surface area contributed by atoms with Crippen LogP contribution in [0.1, 0.15) is 25.0 Å². The Labute approximate surface area is 352 Å². The van der Waals surface area contributed by atoms with E-state index in [1.165, 1.54) is 88.3 Å². The third kappa shape index (κ3) is 6.01. The second-order valence-electron chi connectivity index (χ2n) is 16.5. The third-order valence-corrected chi connectivity index (χ3v) is 12.7. The molecule has 0 fully saturated rings. The molecular weight excluding hydrogens is 723 g/mol. The molecule has 11 rings (SSSR count). The van der Waals surface area contributed by atoms with Crippen LogP contribution in [0.15, 0.2) is 224 Å². The number of hydrogen-bond acceptors (Lipinski definition) is 1. The van der Waals surface area contributed by atoms with Crippen molar-refractivity contribution in [3.05, 3.63) is 236 Å². The third-order valence-electron chi connectivity index (χ3n) is 12.7. The SMILES string of the molecule is CC1(C)c2ccc(-c3ccc(N(c4ccc(-c5ccccc5)cc4)c4ccc(-c5ccccc5)cc4)cc3)cc2-c2c(-c3cccc4ccccc34)ccc3cccc1c23. The summed E-state index contributed by atoms with van der Waals surface area (Å²) in [5.74, 6) is 0. The van der Waals surface area contributed by atoms with Gasteiger partial charge in [0.25, 0.3) is 0 Å². The van der Waals surface area contributed by atoms with Crippen LogP contribution in [0.25, 0.3) is 77.2 Å². The van der Waals surface area contributed by atoms with Crippen molar-refractivity contribution in [3.8, 4) is 55.6 Å². The van der Waals surface area contributed by atoms with E-state index in [0.29, 0.717) is 0 Å². The maximum Gasteiger partial charge on any atom is 0.0462 e. The molecule has 0 heterocycles. The van der Waals surface area contributed by atoms with Gasteiger partial charge in [-0.15, -0.1) is 0 Å². The molecule has 1 heteroatoms. The minimum Gasteiger partial charge on any atom is -0.311 e. The Hall–Kier alpha value is -7.48. The maximum atomic E-state index is 2.45. The highest BCUT2D eigenvalue weighted by Crippen LogP contribution is 2.53. The lowest BCUT2D eigenvalue weighted by Gasteiger charge is -2.36. The van der Waals surface area contributed by atoms with Crippen molar-refractivity contribution in [3.63, 3.8) is 0 Å². The largest absolute Gasteiger partial charge is 0.311 e. The fourth-order valence-corrected chi connectivity index (χ4v) is 9.60. The summed E-state index contributed by atoms with van der Waals surface area (Å²) in [4.78, 5) is 2.36. The second-order valence-corrected chi connectivity index (χ2v) is 16.5. The van der Waals surface area contributed by atoms with E-state index < -0.39 is 0 Å². The first-order chi connectivity index (χ1) is 29.5. The highest BCUT2D eigenvalue weighted by Gasteiger charge is 2.35. The predicted octanol–water partition coefficient (Wildman–Crippen LogP) is 16.4. The summed E-state index contributed by atoms with van der Waals surface area (Å²) < 4.78 is 0. The fourth-order valence-electron chi connectivity index (χ4n) is 9.60. The van der Waals surface area contributed by atoms with Crippen molar-refractivity contribution >= 4 is 38.6 Å². The van der Waals surface area contributed by atoms with E-state index in [4.69, 9.17) is 0 Å². The molecule has 10 aromatic carbocycles. The van der Waals surface area contributed by atoms with Gasteiger partial charge in [-0.05, 0) is 131 Å². The lowest BCUT2D eigenvalue weighted by Crippen LogP contribution is -2.24. The molecule has 1 nitrogen and oxygen atoms in total. The van der Waals surface area contributed by atoms with Gasteiger partial charge in [-0.3, -0.25) is 0 Å². The van der Waals surface area contributed by atoms with Crippen molar-refractivity contribution in [1.29, 1.82) is 0 Å². The minimum atomic E-state index is -0.159. The topological polar surface area (TPSA) is 3.24 Å². The highest BCUT2D eigenvalue weighted by atomic mass is 15.1. The molecule has 0 radical (unpaired) electrons. The molecule has 60 heavy (non-hydrogen) atoms. The zero-order valence-corrected chi connectivity index (χ0v) is 33.8. The smallest absolute Gasteiger partial charge is 0.0462 e. The average molecular weight is 766 g/mol. The fraction of sp³-hybridized carbons (Fsp3) is 0.0508. The van der Waals surface area contributed by atoms with Gasteiger partial charge in [0.05, 0.1) is 0 Å². The van der Waals surface area contributed by atoms with Crippen molar-refractivity contribution in [2.45, 2.75) is 19.3 Å². The molecule has 0 atom stereocenters. The summed E-state index contributed by atoms with van der Waals surface area (Å²) >= 11 is 0. The number of nitrogens with zero attached hydrogens (tertiary/aromatic N) is 1. The molecule has 0 N–H and O–H groups in total. The molecule has 0 spiro atoms. The van der Waals surface area contributed by atoms with Gasteiger partial charge in [0.1, 0.15) is 0 Å². The van der Waals surface area contributed by atoms with Crippen LogP contribution in [0.3, 0.4) is 0 Å². The van der Waals surface area contributed by atoms with Crippen LogP contribution in [-0.2, 0) is 5.41 Å². The van der Waals surface area contributed by atoms with Gasteiger partial charge in [0.2, 0.25) is 0 Å². The van der Waals surface area contributed by atoms with Gasteiger partial charge in [-0.1, -0.05) is 196 Å². The Kier molecular flexibility index (Phi) is 8.57. The van der Waals surface area contributed by atoms with E-state index >= 15 is 0 Å². The Morgan fingerprint density at radius 3 is 1.42 bits per heavy atom. The van der Waals surface area contributed by atoms with Crippen molar-refractivity contribution in [2.24, 2.45) is 0 Å². The number of hydrogen-bond donors (Lipinski definition) is 0. The zero-order valence-electron chi connectivity index (χ0n) is 33.8. The normalized spacial score (nSPS) is 12.6. The van der Waals surface area contributed by atoms with Gasteiger partial charge in [-0.25, -0.2) is 0 Å². The summed E-state index contributed by atoms with van der Waals surface area (Å²) in [5, 5.41) is 5.18.